The van der Waals surface area contributed by atoms with Crippen LogP contribution in [0.1, 0.15) is 36.8 Å². The number of piperidine rings is 1. The van der Waals surface area contributed by atoms with Crippen molar-refractivity contribution in [1.29, 1.82) is 0 Å². The maximum Gasteiger partial charge on any atom is 0.416 e. The summed E-state index contributed by atoms with van der Waals surface area (Å²) in [6, 6.07) is 4.77. The second-order valence-corrected chi connectivity index (χ2v) is 6.56. The summed E-state index contributed by atoms with van der Waals surface area (Å²) >= 11 is 0. The number of amides is 1. The maximum absolute atomic E-state index is 12.8. The summed E-state index contributed by atoms with van der Waals surface area (Å²) in [5.74, 6) is -0.122. The van der Waals surface area contributed by atoms with E-state index in [4.69, 9.17) is 5.73 Å². The number of halogens is 3. The Labute approximate surface area is 132 Å². The summed E-state index contributed by atoms with van der Waals surface area (Å²) in [6.45, 7) is 0.592. The number of nitrogens with two attached hydrogens (primary N) is 1. The van der Waals surface area contributed by atoms with Crippen LogP contribution in [-0.4, -0.2) is 34.5 Å². The molecule has 0 aromatic heterocycles. The number of alkyl halides is 3. The third kappa shape index (κ3) is 3.07. The van der Waals surface area contributed by atoms with Crippen LogP contribution in [0.2, 0.25) is 0 Å². The van der Waals surface area contributed by atoms with Crippen molar-refractivity contribution >= 4 is 5.91 Å². The molecule has 3 rings (SSSR count). The highest BCUT2D eigenvalue weighted by Crippen LogP contribution is 2.39. The van der Waals surface area contributed by atoms with Crippen LogP contribution < -0.4 is 5.73 Å². The normalized spacial score (nSPS) is 22.7. The first-order chi connectivity index (χ1) is 10.6. The first-order valence-corrected chi connectivity index (χ1v) is 7.62. The second kappa shape index (κ2) is 5.21. The van der Waals surface area contributed by atoms with Gasteiger partial charge >= 0.3 is 6.18 Å². The summed E-state index contributed by atoms with van der Waals surface area (Å²) in [4.78, 5) is 13.8. The highest BCUT2D eigenvalue weighted by atomic mass is 19.4. The standard InChI is InChI=1S/C16H19F3N2O2/c17-16(18,19)12-3-1-2-11(10-12)15(23)6-8-21(9-7-15)13(22)14(20)4-5-14/h1-3,10,23H,4-9,20H2. The maximum atomic E-state index is 12.8. The van der Waals surface area contributed by atoms with E-state index >= 15 is 0 Å². The summed E-state index contributed by atoms with van der Waals surface area (Å²) in [7, 11) is 0. The van der Waals surface area contributed by atoms with E-state index in [1.54, 1.807) is 4.90 Å². The summed E-state index contributed by atoms with van der Waals surface area (Å²) in [5.41, 5.74) is 3.25. The molecule has 1 aromatic carbocycles. The first-order valence-electron chi connectivity index (χ1n) is 7.62. The van der Waals surface area contributed by atoms with Crippen LogP contribution in [0.25, 0.3) is 0 Å². The number of hydrogen-bond donors (Lipinski definition) is 2. The van der Waals surface area contributed by atoms with Crippen LogP contribution in [0.15, 0.2) is 24.3 Å². The largest absolute Gasteiger partial charge is 0.416 e. The third-order valence-corrected chi connectivity index (χ3v) is 4.82. The van der Waals surface area contributed by atoms with Gasteiger partial charge in [0.25, 0.3) is 0 Å². The van der Waals surface area contributed by atoms with Crippen molar-refractivity contribution in [3.63, 3.8) is 0 Å². The van der Waals surface area contributed by atoms with Gasteiger partial charge in [0.1, 0.15) is 0 Å². The van der Waals surface area contributed by atoms with Crippen molar-refractivity contribution in [2.75, 3.05) is 13.1 Å². The SMILES string of the molecule is NC1(C(=O)N2CCC(O)(c3cccc(C(F)(F)F)c3)CC2)CC1. The van der Waals surface area contributed by atoms with Crippen molar-refractivity contribution in [2.24, 2.45) is 5.73 Å². The van der Waals surface area contributed by atoms with E-state index in [0.717, 1.165) is 12.1 Å². The van der Waals surface area contributed by atoms with Gasteiger partial charge in [-0.1, -0.05) is 12.1 Å². The molecular formula is C16H19F3N2O2. The van der Waals surface area contributed by atoms with E-state index in [9.17, 15) is 23.1 Å². The average Bonchev–Trinajstić information content (AvgIpc) is 3.26. The summed E-state index contributed by atoms with van der Waals surface area (Å²) in [5, 5.41) is 10.7. The highest BCUT2D eigenvalue weighted by Gasteiger charge is 2.49. The number of nitrogens with zero attached hydrogens (tertiary/aromatic N) is 1. The van der Waals surface area contributed by atoms with E-state index in [0.29, 0.717) is 25.9 Å². The van der Waals surface area contributed by atoms with Crippen molar-refractivity contribution < 1.29 is 23.1 Å². The average molecular weight is 328 g/mol. The van der Waals surface area contributed by atoms with Gasteiger partial charge in [0.15, 0.2) is 0 Å². The minimum Gasteiger partial charge on any atom is -0.385 e. The van der Waals surface area contributed by atoms with Crippen LogP contribution >= 0.6 is 0 Å². The number of hydrogen-bond acceptors (Lipinski definition) is 3. The fraction of sp³-hybridized carbons (Fsp3) is 0.562. The predicted molar refractivity (Wildman–Crippen MR) is 77.3 cm³/mol. The molecule has 1 saturated carbocycles. The number of likely N-dealkylation sites (tertiary alicyclic amines) is 1. The zero-order valence-corrected chi connectivity index (χ0v) is 12.6. The van der Waals surface area contributed by atoms with Gasteiger partial charge in [0.2, 0.25) is 5.91 Å². The number of carbonyl (C=O) groups excluding carboxylic acids is 1. The third-order valence-electron chi connectivity index (χ3n) is 4.82. The van der Waals surface area contributed by atoms with E-state index < -0.39 is 22.9 Å². The Balaban J connectivity index is 1.73. The second-order valence-electron chi connectivity index (χ2n) is 6.56. The fourth-order valence-electron chi connectivity index (χ4n) is 3.02. The lowest BCUT2D eigenvalue weighted by atomic mass is 9.83. The molecule has 0 radical (unpaired) electrons. The molecular weight excluding hydrogens is 309 g/mol. The Hall–Kier alpha value is -1.60. The lowest BCUT2D eigenvalue weighted by molar-refractivity contribution is -0.138. The highest BCUT2D eigenvalue weighted by molar-refractivity contribution is 5.89. The van der Waals surface area contributed by atoms with Crippen molar-refractivity contribution in [3.8, 4) is 0 Å². The van der Waals surface area contributed by atoms with Crippen molar-refractivity contribution in [1.82, 2.24) is 4.90 Å². The monoisotopic (exact) mass is 328 g/mol. The van der Waals surface area contributed by atoms with Gasteiger partial charge in [-0.05, 0) is 43.4 Å². The molecule has 23 heavy (non-hydrogen) atoms. The summed E-state index contributed by atoms with van der Waals surface area (Å²) < 4.78 is 38.5. The van der Waals surface area contributed by atoms with Gasteiger partial charge in [0, 0.05) is 13.1 Å². The van der Waals surface area contributed by atoms with Crippen LogP contribution in [0, 0.1) is 0 Å². The molecule has 126 valence electrons. The molecule has 0 atom stereocenters. The minimum atomic E-state index is -4.44. The molecule has 1 saturated heterocycles. The van der Waals surface area contributed by atoms with Gasteiger partial charge in [-0.25, -0.2) is 0 Å². The van der Waals surface area contributed by atoms with Crippen LogP contribution in [0.3, 0.4) is 0 Å². The Morgan fingerprint density at radius 2 is 1.78 bits per heavy atom. The molecule has 1 aliphatic carbocycles. The smallest absolute Gasteiger partial charge is 0.385 e. The first kappa shape index (κ1) is 16.3. The fourth-order valence-corrected chi connectivity index (χ4v) is 3.02. The number of aliphatic hydroxyl groups is 1. The van der Waals surface area contributed by atoms with Crippen LogP contribution in [0.5, 0.6) is 0 Å². The molecule has 2 aliphatic rings. The van der Waals surface area contributed by atoms with Crippen LogP contribution in [-0.2, 0) is 16.6 Å². The van der Waals surface area contributed by atoms with Gasteiger partial charge in [-0.2, -0.15) is 13.2 Å². The number of rotatable bonds is 2. The predicted octanol–water partition coefficient (Wildman–Crippen LogP) is 2.01. The topological polar surface area (TPSA) is 66.6 Å². The Morgan fingerprint density at radius 3 is 2.30 bits per heavy atom. The Bertz CT molecular complexity index is 618. The molecule has 1 heterocycles. The molecule has 7 heteroatoms. The Morgan fingerprint density at radius 1 is 1.17 bits per heavy atom. The zero-order valence-electron chi connectivity index (χ0n) is 12.6. The van der Waals surface area contributed by atoms with Gasteiger partial charge in [-0.15, -0.1) is 0 Å². The van der Waals surface area contributed by atoms with Gasteiger partial charge < -0.3 is 15.7 Å². The van der Waals surface area contributed by atoms with Crippen LogP contribution in [0.4, 0.5) is 13.2 Å². The molecule has 0 unspecified atom stereocenters. The van der Waals surface area contributed by atoms with Crippen molar-refractivity contribution in [2.45, 2.75) is 43.0 Å². The molecule has 4 nitrogen and oxygen atoms in total. The van der Waals surface area contributed by atoms with E-state index in [2.05, 4.69) is 0 Å². The molecule has 0 bridgehead atoms. The quantitative estimate of drug-likeness (QED) is 0.873. The van der Waals surface area contributed by atoms with E-state index in [1.807, 2.05) is 0 Å². The van der Waals surface area contributed by atoms with E-state index in [1.165, 1.54) is 12.1 Å². The van der Waals surface area contributed by atoms with Gasteiger partial charge in [-0.3, -0.25) is 4.79 Å². The zero-order chi connectivity index (χ0) is 16.9. The van der Waals surface area contributed by atoms with E-state index in [-0.39, 0.29) is 24.3 Å². The number of benzene rings is 1. The van der Waals surface area contributed by atoms with Crippen molar-refractivity contribution in [3.05, 3.63) is 35.4 Å². The molecule has 3 N–H and O–H groups in total. The summed E-state index contributed by atoms with van der Waals surface area (Å²) in [6.07, 6.45) is -2.70. The molecule has 0 spiro atoms. The Kier molecular flexibility index (Phi) is 3.68. The lowest BCUT2D eigenvalue weighted by Gasteiger charge is -2.39. The molecule has 2 fully saturated rings. The number of carbonyl (C=O) groups is 1. The lowest BCUT2D eigenvalue weighted by Crippen LogP contribution is -2.51. The molecule has 1 aliphatic heterocycles. The van der Waals surface area contributed by atoms with Gasteiger partial charge in [0.05, 0.1) is 16.7 Å². The molecule has 1 amide bonds. The minimum absolute atomic E-state index is 0.122. The molecule has 1 aromatic rings.